The van der Waals surface area contributed by atoms with Crippen molar-refractivity contribution in [3.05, 3.63) is 77.6 Å². The highest BCUT2D eigenvalue weighted by Crippen LogP contribution is 2.21. The Labute approximate surface area is 474 Å². The number of carbonyl (C=O) groups is 11. The van der Waals surface area contributed by atoms with E-state index in [9.17, 15) is 78.3 Å². The van der Waals surface area contributed by atoms with Crippen molar-refractivity contribution in [1.82, 2.24) is 50.8 Å². The number of urea groups is 1. The minimum Gasteiger partial charge on any atom is -0.481 e. The SMILES string of the molecule is CC(=O)[C@@H](CCC(=O)O)NC(=O)N[C@H](CCCCN(Cc1nccc2ccccc12)C(=O)c1ccc(CNC(=O)CCCCNC(=O)CCC(C(=O)O)N2CCN(CC(=O)O)CCN(CC(=O)O)CCN(CC(=O)O)CC2)cc1)C(=O)O. The number of aromatic nitrogens is 1. The van der Waals surface area contributed by atoms with Gasteiger partial charge in [-0.1, -0.05) is 36.4 Å². The second-order valence-corrected chi connectivity index (χ2v) is 20.0. The number of rotatable bonds is 33. The van der Waals surface area contributed by atoms with Crippen LogP contribution < -0.4 is 21.3 Å². The highest BCUT2D eigenvalue weighted by atomic mass is 16.4. The molecule has 1 fully saturated rings. The summed E-state index contributed by atoms with van der Waals surface area (Å²) >= 11 is 0. The van der Waals surface area contributed by atoms with Gasteiger partial charge in [-0.05, 0) is 81.0 Å². The number of benzene rings is 2. The predicted molar refractivity (Wildman–Crippen MR) is 294 cm³/mol. The highest BCUT2D eigenvalue weighted by Gasteiger charge is 2.29. The van der Waals surface area contributed by atoms with Crippen LogP contribution in [0.25, 0.3) is 10.8 Å². The minimum atomic E-state index is -1.35. The summed E-state index contributed by atoms with van der Waals surface area (Å²) in [5, 5.41) is 69.7. The van der Waals surface area contributed by atoms with Crippen molar-refractivity contribution in [2.24, 2.45) is 0 Å². The average Bonchev–Trinajstić information content (AvgIpc) is 3.46. The van der Waals surface area contributed by atoms with Gasteiger partial charge in [0.05, 0.1) is 37.9 Å². The Kier molecular flexibility index (Phi) is 28.2. The summed E-state index contributed by atoms with van der Waals surface area (Å²) in [5.74, 6) is -8.53. The van der Waals surface area contributed by atoms with Crippen molar-refractivity contribution in [3.8, 4) is 0 Å². The number of carboxylic acids is 6. The number of pyridine rings is 1. The van der Waals surface area contributed by atoms with Crippen LogP contribution in [0, 0.1) is 0 Å². The van der Waals surface area contributed by atoms with E-state index in [1.54, 1.807) is 55.0 Å². The van der Waals surface area contributed by atoms with Crippen LogP contribution in [0.4, 0.5) is 4.79 Å². The molecule has 0 radical (unpaired) electrons. The van der Waals surface area contributed by atoms with Gasteiger partial charge in [-0.15, -0.1) is 0 Å². The smallest absolute Gasteiger partial charge is 0.326 e. The average molecular weight is 1150 g/mol. The normalized spacial score (nSPS) is 15.1. The van der Waals surface area contributed by atoms with E-state index in [2.05, 4.69) is 26.3 Å². The van der Waals surface area contributed by atoms with Gasteiger partial charge >= 0.3 is 41.8 Å². The van der Waals surface area contributed by atoms with Gasteiger partial charge < -0.3 is 56.8 Å². The Morgan fingerprint density at radius 1 is 0.573 bits per heavy atom. The predicted octanol–water partition coefficient (Wildman–Crippen LogP) is 1.23. The molecular formula is C55H76N10O17. The number of nitrogens with one attached hydrogen (secondary N) is 4. The van der Waals surface area contributed by atoms with Crippen LogP contribution in [0.15, 0.2) is 60.8 Å². The number of hydrogen-bond donors (Lipinski definition) is 10. The van der Waals surface area contributed by atoms with Crippen LogP contribution in [-0.2, 0) is 56.2 Å². The highest BCUT2D eigenvalue weighted by molar-refractivity contribution is 5.95. The third-order valence-corrected chi connectivity index (χ3v) is 13.8. The summed E-state index contributed by atoms with van der Waals surface area (Å²) in [5.41, 5.74) is 1.69. The summed E-state index contributed by atoms with van der Waals surface area (Å²) in [6.07, 6.45) is 2.41. The number of hydrogen-bond acceptors (Lipinski definition) is 16. The van der Waals surface area contributed by atoms with Crippen molar-refractivity contribution in [1.29, 1.82) is 0 Å². The molecule has 448 valence electrons. The standard InChI is InChI=1S/C55H76N10O17/c1-37(66)42(16-19-48(69)70)59-55(82)60-43(53(78)79)10-5-7-23-65(33-44-41-9-3-2-8-39(41)20-22-56-44)52(77)40-14-12-38(13-15-40)32-58-46(67)11-4-6-21-57-47(68)18-17-45(54(80)81)64-30-28-62(35-50(73)74)26-24-61(34-49(71)72)25-27-63(29-31-64)36-51(75)76/h2-3,8-9,12-15,20,22,42-43,45H,4-7,10-11,16-19,21,23-36H2,1H3,(H,57,68)(H,58,67)(H,69,70)(H,71,72)(H,73,74)(H,75,76)(H,78,79)(H,80,81)(H2,59,60,82)/t42-,43-,45?/m1/s1. The molecule has 2 heterocycles. The maximum Gasteiger partial charge on any atom is 0.326 e. The molecule has 5 amide bonds. The van der Waals surface area contributed by atoms with Crippen molar-refractivity contribution in [2.45, 2.75) is 102 Å². The van der Waals surface area contributed by atoms with Crippen LogP contribution in [-0.4, -0.2) is 229 Å². The molecule has 1 aliphatic rings. The maximum absolute atomic E-state index is 14.1. The Hall–Kier alpha value is -8.14. The van der Waals surface area contributed by atoms with E-state index in [1.807, 2.05) is 30.3 Å². The van der Waals surface area contributed by atoms with Gasteiger partial charge in [-0.2, -0.15) is 0 Å². The van der Waals surface area contributed by atoms with E-state index in [1.165, 1.54) is 6.92 Å². The van der Waals surface area contributed by atoms with Gasteiger partial charge in [0.15, 0.2) is 5.78 Å². The van der Waals surface area contributed by atoms with Gasteiger partial charge in [0.1, 0.15) is 12.1 Å². The number of nitrogens with zero attached hydrogens (tertiary/aromatic N) is 6. The van der Waals surface area contributed by atoms with E-state index >= 15 is 0 Å². The lowest BCUT2D eigenvalue weighted by molar-refractivity contribution is -0.145. The fourth-order valence-electron chi connectivity index (χ4n) is 9.26. The lowest BCUT2D eigenvalue weighted by atomic mass is 10.1. The fraction of sp³-hybridized carbons (Fsp3) is 0.527. The summed E-state index contributed by atoms with van der Waals surface area (Å²) < 4.78 is 0. The number of aliphatic carboxylic acids is 6. The Bertz CT molecular complexity index is 2640. The Morgan fingerprint density at radius 3 is 1.71 bits per heavy atom. The molecule has 10 N–H and O–H groups in total. The van der Waals surface area contributed by atoms with Gasteiger partial charge in [0, 0.05) is 108 Å². The molecule has 1 unspecified atom stereocenters. The van der Waals surface area contributed by atoms with Crippen LogP contribution >= 0.6 is 0 Å². The lowest BCUT2D eigenvalue weighted by Crippen LogP contribution is -2.52. The van der Waals surface area contributed by atoms with Gasteiger partial charge in [0.25, 0.3) is 5.91 Å². The van der Waals surface area contributed by atoms with Crippen LogP contribution in [0.2, 0.25) is 0 Å². The number of amides is 5. The van der Waals surface area contributed by atoms with E-state index < -0.39 is 71.7 Å². The molecule has 0 aliphatic carbocycles. The molecule has 1 saturated heterocycles. The zero-order valence-corrected chi connectivity index (χ0v) is 46.0. The molecule has 0 spiro atoms. The van der Waals surface area contributed by atoms with Crippen LogP contribution in [0.3, 0.4) is 0 Å². The van der Waals surface area contributed by atoms with Gasteiger partial charge in [0.2, 0.25) is 11.8 Å². The third-order valence-electron chi connectivity index (χ3n) is 13.8. The first kappa shape index (κ1) is 66.4. The topological polar surface area (TPSA) is 386 Å². The van der Waals surface area contributed by atoms with Crippen LogP contribution in [0.5, 0.6) is 0 Å². The van der Waals surface area contributed by atoms with Crippen molar-refractivity contribution in [3.63, 3.8) is 0 Å². The first-order valence-corrected chi connectivity index (χ1v) is 27.1. The van der Waals surface area contributed by atoms with Gasteiger partial charge in [-0.25, -0.2) is 9.59 Å². The number of unbranched alkanes of at least 4 members (excludes halogenated alkanes) is 2. The van der Waals surface area contributed by atoms with E-state index in [-0.39, 0.29) is 155 Å². The second kappa shape index (κ2) is 34.9. The number of carboxylic acid groups (broad SMARTS) is 6. The lowest BCUT2D eigenvalue weighted by Gasteiger charge is -2.35. The zero-order chi connectivity index (χ0) is 60.1. The number of Topliss-reactive ketones (excluding diaryl/α,β-unsaturated/α-hetero) is 1. The van der Waals surface area contributed by atoms with E-state index in [4.69, 9.17) is 5.11 Å². The summed E-state index contributed by atoms with van der Waals surface area (Å²) in [6.45, 7) is 1.82. The fourth-order valence-corrected chi connectivity index (χ4v) is 9.26. The van der Waals surface area contributed by atoms with E-state index in [0.29, 0.717) is 36.1 Å². The molecule has 1 aliphatic heterocycles. The monoisotopic (exact) mass is 1150 g/mol. The molecule has 1 aromatic heterocycles. The maximum atomic E-state index is 14.1. The molecule has 0 saturated carbocycles. The van der Waals surface area contributed by atoms with Crippen molar-refractivity contribution >= 4 is 76.1 Å². The largest absolute Gasteiger partial charge is 0.481 e. The van der Waals surface area contributed by atoms with Crippen molar-refractivity contribution < 1.29 is 83.4 Å². The Morgan fingerprint density at radius 2 is 1.15 bits per heavy atom. The molecule has 2 aromatic carbocycles. The summed E-state index contributed by atoms with van der Waals surface area (Å²) in [4.78, 5) is 148. The first-order valence-electron chi connectivity index (χ1n) is 27.1. The molecule has 3 atom stereocenters. The molecule has 27 heteroatoms. The minimum absolute atomic E-state index is 0.0186. The quantitative estimate of drug-likeness (QED) is 0.0383. The van der Waals surface area contributed by atoms with E-state index in [0.717, 1.165) is 10.8 Å². The molecule has 4 rings (SSSR count). The summed E-state index contributed by atoms with van der Waals surface area (Å²) in [6, 6.07) is 11.5. The first-order chi connectivity index (χ1) is 39.1. The number of ketones is 1. The molecular weight excluding hydrogens is 1070 g/mol. The number of fused-ring (bicyclic) bond motifs is 1. The van der Waals surface area contributed by atoms with Gasteiger partial charge in [-0.3, -0.25) is 67.7 Å². The molecule has 82 heavy (non-hydrogen) atoms. The zero-order valence-electron chi connectivity index (χ0n) is 46.0. The molecule has 0 bridgehead atoms. The third kappa shape index (κ3) is 24.7. The van der Waals surface area contributed by atoms with Crippen LogP contribution in [0.1, 0.15) is 92.7 Å². The van der Waals surface area contributed by atoms with Crippen molar-refractivity contribution in [2.75, 3.05) is 85.1 Å². The molecule has 27 nitrogen and oxygen atoms in total. The second-order valence-electron chi connectivity index (χ2n) is 20.0. The summed E-state index contributed by atoms with van der Waals surface area (Å²) in [7, 11) is 0. The Balaban J connectivity index is 1.27. The molecule has 3 aromatic rings. The number of carbonyl (C=O) groups excluding carboxylic acids is 5.